The maximum atomic E-state index is 12.7. The van der Waals surface area contributed by atoms with Crippen LogP contribution >= 0.6 is 0 Å². The minimum Gasteiger partial charge on any atom is -0.480 e. The Labute approximate surface area is 115 Å². The van der Waals surface area contributed by atoms with Gasteiger partial charge in [-0.1, -0.05) is 33.1 Å². The van der Waals surface area contributed by atoms with Crippen LogP contribution in [0.3, 0.4) is 0 Å². The van der Waals surface area contributed by atoms with E-state index in [2.05, 4.69) is 13.8 Å². The Morgan fingerprint density at radius 1 is 1.16 bits per heavy atom. The highest BCUT2D eigenvalue weighted by Gasteiger charge is 2.43. The van der Waals surface area contributed by atoms with Crippen molar-refractivity contribution in [3.05, 3.63) is 0 Å². The third kappa shape index (κ3) is 3.10. The molecule has 2 rings (SSSR count). The minimum absolute atomic E-state index is 0.00690. The lowest BCUT2D eigenvalue weighted by Crippen LogP contribution is -2.47. The Morgan fingerprint density at radius 2 is 1.79 bits per heavy atom. The topological polar surface area (TPSA) is 57.6 Å². The molecule has 2 fully saturated rings. The minimum atomic E-state index is -0.893. The summed E-state index contributed by atoms with van der Waals surface area (Å²) in [6, 6.07) is 0.153. The van der Waals surface area contributed by atoms with Gasteiger partial charge >= 0.3 is 5.97 Å². The van der Waals surface area contributed by atoms with Crippen LogP contribution in [-0.4, -0.2) is 34.5 Å². The Bertz CT molecular complexity index is 358. The van der Waals surface area contributed by atoms with Crippen LogP contribution < -0.4 is 0 Å². The van der Waals surface area contributed by atoms with Crippen molar-refractivity contribution in [3.8, 4) is 0 Å². The summed E-state index contributed by atoms with van der Waals surface area (Å²) in [5.74, 6) is -0.805. The summed E-state index contributed by atoms with van der Waals surface area (Å²) in [4.78, 5) is 25.5. The monoisotopic (exact) mass is 267 g/mol. The first-order valence-electron chi connectivity index (χ1n) is 7.44. The zero-order valence-electron chi connectivity index (χ0n) is 12.0. The number of hydrogen-bond acceptors (Lipinski definition) is 2. The van der Waals surface area contributed by atoms with Crippen molar-refractivity contribution in [1.29, 1.82) is 0 Å². The van der Waals surface area contributed by atoms with Gasteiger partial charge < -0.3 is 10.0 Å². The molecule has 108 valence electrons. The lowest BCUT2D eigenvalue weighted by Gasteiger charge is -2.34. The molecule has 1 unspecified atom stereocenters. The van der Waals surface area contributed by atoms with Gasteiger partial charge in [0.05, 0.1) is 0 Å². The molecule has 0 aromatic heterocycles. The highest BCUT2D eigenvalue weighted by atomic mass is 16.4. The molecule has 0 aliphatic heterocycles. The molecule has 2 aliphatic carbocycles. The average molecular weight is 267 g/mol. The first-order valence-corrected chi connectivity index (χ1v) is 7.44. The van der Waals surface area contributed by atoms with E-state index in [-0.39, 0.29) is 29.8 Å². The molecule has 0 heterocycles. The molecular formula is C15H25NO3. The largest absolute Gasteiger partial charge is 0.480 e. The third-order valence-corrected chi connectivity index (χ3v) is 4.91. The number of nitrogens with zero attached hydrogens (tertiary/aromatic N) is 1. The van der Waals surface area contributed by atoms with E-state index >= 15 is 0 Å². The van der Waals surface area contributed by atoms with Gasteiger partial charge in [-0.3, -0.25) is 9.59 Å². The molecule has 0 saturated heterocycles. The fraction of sp³-hybridized carbons (Fsp3) is 0.867. The van der Waals surface area contributed by atoms with E-state index in [1.54, 1.807) is 4.90 Å². The third-order valence-electron chi connectivity index (χ3n) is 4.91. The summed E-state index contributed by atoms with van der Waals surface area (Å²) in [6.45, 7) is 4.14. The zero-order valence-corrected chi connectivity index (χ0v) is 12.0. The first-order chi connectivity index (χ1) is 8.92. The van der Waals surface area contributed by atoms with Crippen LogP contribution in [0, 0.1) is 11.3 Å². The Kier molecular flexibility index (Phi) is 4.16. The second kappa shape index (κ2) is 5.51. The fourth-order valence-corrected chi connectivity index (χ4v) is 3.73. The van der Waals surface area contributed by atoms with Crippen LogP contribution in [-0.2, 0) is 9.59 Å². The molecule has 1 amide bonds. The number of carbonyl (C=O) groups excluding carboxylic acids is 1. The van der Waals surface area contributed by atoms with Gasteiger partial charge in [0.1, 0.15) is 6.54 Å². The molecule has 0 radical (unpaired) electrons. The van der Waals surface area contributed by atoms with E-state index in [1.807, 2.05) is 0 Å². The highest BCUT2D eigenvalue weighted by molar-refractivity contribution is 5.84. The van der Waals surface area contributed by atoms with Gasteiger partial charge in [-0.2, -0.15) is 0 Å². The molecule has 0 aromatic rings. The number of rotatable bonds is 4. The first kappa shape index (κ1) is 14.4. The molecule has 1 N–H and O–H groups in total. The Balaban J connectivity index is 2.12. The summed E-state index contributed by atoms with van der Waals surface area (Å²) in [5, 5.41) is 9.07. The zero-order chi connectivity index (χ0) is 14.0. The molecule has 4 heteroatoms. The SMILES string of the molecule is CC1(C)CCCC1C(=O)N(CC(=O)O)C1CCCC1. The van der Waals surface area contributed by atoms with Crippen LogP contribution in [0.15, 0.2) is 0 Å². The van der Waals surface area contributed by atoms with Gasteiger partial charge in [-0.05, 0) is 31.1 Å². The van der Waals surface area contributed by atoms with Gasteiger partial charge in [0.2, 0.25) is 5.91 Å². The maximum absolute atomic E-state index is 12.7. The average Bonchev–Trinajstić information content (AvgIpc) is 2.93. The van der Waals surface area contributed by atoms with Crippen LogP contribution in [0.5, 0.6) is 0 Å². The van der Waals surface area contributed by atoms with Crippen molar-refractivity contribution in [2.75, 3.05) is 6.54 Å². The molecule has 4 nitrogen and oxygen atoms in total. The summed E-state index contributed by atoms with van der Waals surface area (Å²) in [5.41, 5.74) is 0.0203. The van der Waals surface area contributed by atoms with Gasteiger partial charge in [-0.25, -0.2) is 0 Å². The van der Waals surface area contributed by atoms with Crippen LogP contribution in [0.4, 0.5) is 0 Å². The normalized spacial score (nSPS) is 26.5. The maximum Gasteiger partial charge on any atom is 0.323 e. The van der Waals surface area contributed by atoms with Gasteiger partial charge in [0, 0.05) is 12.0 Å². The molecule has 0 spiro atoms. The van der Waals surface area contributed by atoms with E-state index in [4.69, 9.17) is 5.11 Å². The second-order valence-corrected chi connectivity index (χ2v) is 6.73. The summed E-state index contributed by atoms with van der Waals surface area (Å²) in [6.07, 6.45) is 7.21. The van der Waals surface area contributed by atoms with Gasteiger partial charge in [0.15, 0.2) is 0 Å². The van der Waals surface area contributed by atoms with Crippen molar-refractivity contribution in [3.63, 3.8) is 0 Å². The number of carboxylic acids is 1. The van der Waals surface area contributed by atoms with E-state index in [1.165, 1.54) is 0 Å². The van der Waals surface area contributed by atoms with E-state index < -0.39 is 5.97 Å². The lowest BCUT2D eigenvalue weighted by atomic mass is 9.81. The number of aliphatic carboxylic acids is 1. The summed E-state index contributed by atoms with van der Waals surface area (Å²) >= 11 is 0. The lowest BCUT2D eigenvalue weighted by molar-refractivity contribution is -0.149. The smallest absolute Gasteiger partial charge is 0.323 e. The van der Waals surface area contributed by atoms with Crippen LogP contribution in [0.1, 0.15) is 58.8 Å². The van der Waals surface area contributed by atoms with Crippen LogP contribution in [0.2, 0.25) is 0 Å². The molecule has 0 bridgehead atoms. The van der Waals surface area contributed by atoms with Gasteiger partial charge in [-0.15, -0.1) is 0 Å². The van der Waals surface area contributed by atoms with Crippen molar-refractivity contribution >= 4 is 11.9 Å². The fourth-order valence-electron chi connectivity index (χ4n) is 3.73. The summed E-state index contributed by atoms with van der Waals surface area (Å²) < 4.78 is 0. The number of carboxylic acid groups (broad SMARTS) is 1. The number of carbonyl (C=O) groups is 2. The van der Waals surface area contributed by atoms with Crippen molar-refractivity contribution < 1.29 is 14.7 Å². The Hall–Kier alpha value is -1.06. The van der Waals surface area contributed by atoms with Crippen molar-refractivity contribution in [2.45, 2.75) is 64.8 Å². The van der Waals surface area contributed by atoms with Crippen molar-refractivity contribution in [1.82, 2.24) is 4.90 Å². The van der Waals surface area contributed by atoms with E-state index in [9.17, 15) is 9.59 Å². The van der Waals surface area contributed by atoms with E-state index in [0.717, 1.165) is 44.9 Å². The Morgan fingerprint density at radius 3 is 2.26 bits per heavy atom. The number of hydrogen-bond donors (Lipinski definition) is 1. The molecule has 2 aliphatic rings. The second-order valence-electron chi connectivity index (χ2n) is 6.73. The molecule has 19 heavy (non-hydrogen) atoms. The molecule has 0 aromatic carbocycles. The molecular weight excluding hydrogens is 242 g/mol. The highest BCUT2D eigenvalue weighted by Crippen LogP contribution is 2.44. The standard InChI is InChI=1S/C15H25NO3/c1-15(2)9-5-8-12(15)14(19)16(10-13(17)18)11-6-3-4-7-11/h11-12H,3-10H2,1-2H3,(H,17,18). The summed E-state index contributed by atoms with van der Waals surface area (Å²) in [7, 11) is 0. The van der Waals surface area contributed by atoms with Crippen LogP contribution in [0.25, 0.3) is 0 Å². The molecule has 1 atom stereocenters. The predicted octanol–water partition coefficient (Wildman–Crippen LogP) is 2.67. The number of amides is 1. The molecule has 2 saturated carbocycles. The predicted molar refractivity (Wildman–Crippen MR) is 72.7 cm³/mol. The van der Waals surface area contributed by atoms with E-state index in [0.29, 0.717) is 0 Å². The van der Waals surface area contributed by atoms with Gasteiger partial charge in [0.25, 0.3) is 0 Å². The van der Waals surface area contributed by atoms with Crippen molar-refractivity contribution in [2.24, 2.45) is 11.3 Å². The quantitative estimate of drug-likeness (QED) is 0.852.